The maximum atomic E-state index is 5.76. The van der Waals surface area contributed by atoms with Crippen molar-refractivity contribution in [1.29, 1.82) is 0 Å². The first kappa shape index (κ1) is 14.7. The lowest BCUT2D eigenvalue weighted by molar-refractivity contribution is 0.315. The molecule has 1 N–H and O–H groups in total. The molecule has 1 rings (SSSR count). The molecule has 17 heavy (non-hydrogen) atoms. The number of halogens is 2. The molecule has 0 saturated heterocycles. The van der Waals surface area contributed by atoms with Gasteiger partial charge in [-0.2, -0.15) is 0 Å². The third kappa shape index (κ3) is 4.82. The molecule has 0 unspecified atom stereocenters. The predicted molar refractivity (Wildman–Crippen MR) is 80.6 cm³/mol. The van der Waals surface area contributed by atoms with E-state index in [1.54, 1.807) is 0 Å². The van der Waals surface area contributed by atoms with E-state index in [0.717, 1.165) is 39.8 Å². The number of hydrogen-bond acceptors (Lipinski definition) is 2. The minimum absolute atomic E-state index is 0.729. The summed E-state index contributed by atoms with van der Waals surface area (Å²) in [5.41, 5.74) is 1.08. The van der Waals surface area contributed by atoms with Gasteiger partial charge in [-0.3, -0.25) is 0 Å². The van der Waals surface area contributed by atoms with Crippen LogP contribution in [0.2, 0.25) is 0 Å². The van der Waals surface area contributed by atoms with Gasteiger partial charge in [0.1, 0.15) is 5.75 Å². The smallest absolute Gasteiger partial charge is 0.140 e. The van der Waals surface area contributed by atoms with E-state index in [9.17, 15) is 0 Å². The van der Waals surface area contributed by atoms with Crippen LogP contribution in [0.25, 0.3) is 6.08 Å². The molecule has 0 saturated carbocycles. The number of ether oxygens (including phenoxy) is 1. The average Bonchev–Trinajstić information content (AvgIpc) is 2.28. The van der Waals surface area contributed by atoms with Gasteiger partial charge >= 0.3 is 0 Å². The lowest BCUT2D eigenvalue weighted by Crippen LogP contribution is -2.04. The molecule has 1 aromatic carbocycles. The van der Waals surface area contributed by atoms with Crippen LogP contribution in [-0.4, -0.2) is 20.2 Å². The fraction of sp³-hybridized carbons (Fsp3) is 0.385. The molecule has 94 valence electrons. The Morgan fingerprint density at radius 2 is 2.12 bits per heavy atom. The molecule has 0 amide bonds. The molecule has 0 aliphatic carbocycles. The van der Waals surface area contributed by atoms with E-state index in [2.05, 4.69) is 62.3 Å². The zero-order chi connectivity index (χ0) is 12.7. The van der Waals surface area contributed by atoms with Crippen molar-refractivity contribution < 1.29 is 4.74 Å². The number of likely N-dealkylation sites (N-methyl/N-ethyl adjacent to an activating group) is 1. The number of rotatable bonds is 6. The first-order valence-electron chi connectivity index (χ1n) is 5.62. The molecule has 0 aliphatic heterocycles. The standard InChI is InChI=1S/C13H17Br2NO/c1-3-7-17-13-10(5-4-6-16-2)8-11(14)9-12(13)15/h4-5,8-9,16H,3,6-7H2,1-2H3. The van der Waals surface area contributed by atoms with Gasteiger partial charge in [0.2, 0.25) is 0 Å². The largest absolute Gasteiger partial charge is 0.492 e. The quantitative estimate of drug-likeness (QED) is 0.817. The molecular weight excluding hydrogens is 346 g/mol. The Kier molecular flexibility index (Phi) is 6.85. The van der Waals surface area contributed by atoms with Crippen LogP contribution in [0.1, 0.15) is 18.9 Å². The third-order valence-electron chi connectivity index (χ3n) is 2.11. The van der Waals surface area contributed by atoms with E-state index in [1.807, 2.05) is 13.1 Å². The summed E-state index contributed by atoms with van der Waals surface area (Å²) < 4.78 is 7.78. The maximum Gasteiger partial charge on any atom is 0.140 e. The number of hydrogen-bond donors (Lipinski definition) is 1. The summed E-state index contributed by atoms with van der Waals surface area (Å²) in [7, 11) is 1.93. The zero-order valence-electron chi connectivity index (χ0n) is 10.1. The minimum Gasteiger partial charge on any atom is -0.492 e. The summed E-state index contributed by atoms with van der Waals surface area (Å²) in [5, 5.41) is 3.08. The summed E-state index contributed by atoms with van der Waals surface area (Å²) in [6, 6.07) is 4.06. The van der Waals surface area contributed by atoms with Crippen LogP contribution in [0.15, 0.2) is 27.2 Å². The second-order valence-corrected chi connectivity index (χ2v) is 5.38. The summed E-state index contributed by atoms with van der Waals surface area (Å²) in [6.07, 6.45) is 5.15. The summed E-state index contributed by atoms with van der Waals surface area (Å²) in [6.45, 7) is 3.67. The van der Waals surface area contributed by atoms with Crippen molar-refractivity contribution in [1.82, 2.24) is 5.32 Å². The zero-order valence-corrected chi connectivity index (χ0v) is 13.3. The second-order valence-electron chi connectivity index (χ2n) is 3.61. The Hall–Kier alpha value is -0.320. The third-order valence-corrected chi connectivity index (χ3v) is 3.15. The lowest BCUT2D eigenvalue weighted by atomic mass is 10.2. The molecule has 4 heteroatoms. The molecular formula is C13H17Br2NO. The Bertz CT molecular complexity index is 391. The van der Waals surface area contributed by atoms with Crippen molar-refractivity contribution in [2.45, 2.75) is 13.3 Å². The topological polar surface area (TPSA) is 21.3 Å². The minimum atomic E-state index is 0.729. The second kappa shape index (κ2) is 7.90. The van der Waals surface area contributed by atoms with Crippen molar-refractivity contribution >= 4 is 37.9 Å². The van der Waals surface area contributed by atoms with Gasteiger partial charge in [0.05, 0.1) is 11.1 Å². The van der Waals surface area contributed by atoms with Crippen LogP contribution in [0.5, 0.6) is 5.75 Å². The SMILES string of the molecule is CCCOc1c(Br)cc(Br)cc1C=CCNC. The Labute approximate surface area is 120 Å². The highest BCUT2D eigenvalue weighted by Gasteiger charge is 2.07. The molecule has 0 spiro atoms. The van der Waals surface area contributed by atoms with Crippen molar-refractivity contribution in [3.05, 3.63) is 32.7 Å². The Morgan fingerprint density at radius 1 is 1.35 bits per heavy atom. The van der Waals surface area contributed by atoms with E-state index in [4.69, 9.17) is 4.74 Å². The molecule has 0 atom stereocenters. The monoisotopic (exact) mass is 361 g/mol. The van der Waals surface area contributed by atoms with Crippen molar-refractivity contribution in [2.24, 2.45) is 0 Å². The fourth-order valence-corrected chi connectivity index (χ4v) is 2.74. The van der Waals surface area contributed by atoms with Gasteiger partial charge in [-0.1, -0.05) is 35.0 Å². The van der Waals surface area contributed by atoms with Crippen LogP contribution in [0.3, 0.4) is 0 Å². The highest BCUT2D eigenvalue weighted by molar-refractivity contribution is 9.11. The Balaban J connectivity index is 2.97. The van der Waals surface area contributed by atoms with Crippen LogP contribution in [0, 0.1) is 0 Å². The van der Waals surface area contributed by atoms with Gasteiger partial charge in [0.15, 0.2) is 0 Å². The predicted octanol–water partition coefficient (Wildman–Crippen LogP) is 4.23. The highest BCUT2D eigenvalue weighted by Crippen LogP contribution is 2.33. The first-order valence-corrected chi connectivity index (χ1v) is 7.20. The molecule has 0 fully saturated rings. The van der Waals surface area contributed by atoms with Gasteiger partial charge in [-0.15, -0.1) is 0 Å². The average molecular weight is 363 g/mol. The normalized spacial score (nSPS) is 11.1. The van der Waals surface area contributed by atoms with Crippen LogP contribution in [0.4, 0.5) is 0 Å². The van der Waals surface area contributed by atoms with Crippen LogP contribution >= 0.6 is 31.9 Å². The molecule has 1 aromatic rings. The van der Waals surface area contributed by atoms with E-state index in [1.165, 1.54) is 0 Å². The van der Waals surface area contributed by atoms with Crippen LogP contribution < -0.4 is 10.1 Å². The molecule has 0 bridgehead atoms. The van der Waals surface area contributed by atoms with E-state index in [0.29, 0.717) is 0 Å². The molecule has 2 nitrogen and oxygen atoms in total. The Morgan fingerprint density at radius 3 is 2.76 bits per heavy atom. The fourth-order valence-electron chi connectivity index (χ4n) is 1.36. The molecule has 0 aromatic heterocycles. The first-order chi connectivity index (χ1) is 8.19. The maximum absolute atomic E-state index is 5.76. The van der Waals surface area contributed by atoms with Gasteiger partial charge in [0, 0.05) is 16.6 Å². The van der Waals surface area contributed by atoms with E-state index >= 15 is 0 Å². The molecule has 0 aliphatic rings. The molecule has 0 radical (unpaired) electrons. The summed E-state index contributed by atoms with van der Waals surface area (Å²) >= 11 is 7.02. The van der Waals surface area contributed by atoms with Gasteiger partial charge < -0.3 is 10.1 Å². The van der Waals surface area contributed by atoms with Crippen LogP contribution in [-0.2, 0) is 0 Å². The number of benzene rings is 1. The van der Waals surface area contributed by atoms with E-state index < -0.39 is 0 Å². The van der Waals surface area contributed by atoms with Crippen molar-refractivity contribution in [3.63, 3.8) is 0 Å². The van der Waals surface area contributed by atoms with Crippen molar-refractivity contribution in [2.75, 3.05) is 20.2 Å². The molecule has 0 heterocycles. The summed E-state index contributed by atoms with van der Waals surface area (Å²) in [5.74, 6) is 0.905. The van der Waals surface area contributed by atoms with Gasteiger partial charge in [-0.05, 0) is 41.5 Å². The summed E-state index contributed by atoms with van der Waals surface area (Å²) in [4.78, 5) is 0. The van der Waals surface area contributed by atoms with Crippen molar-refractivity contribution in [3.8, 4) is 5.75 Å². The van der Waals surface area contributed by atoms with Gasteiger partial charge in [0.25, 0.3) is 0 Å². The number of nitrogens with one attached hydrogen (secondary N) is 1. The highest BCUT2D eigenvalue weighted by atomic mass is 79.9. The lowest BCUT2D eigenvalue weighted by Gasteiger charge is -2.11. The van der Waals surface area contributed by atoms with Gasteiger partial charge in [-0.25, -0.2) is 0 Å². The van der Waals surface area contributed by atoms with E-state index in [-0.39, 0.29) is 0 Å².